The molecular formula is C35H50N8O3. The largest absolute Gasteiger partial charge is 0.495 e. The fourth-order valence-corrected chi connectivity index (χ4v) is 8.20. The van der Waals surface area contributed by atoms with Crippen LogP contribution >= 0.6 is 0 Å². The van der Waals surface area contributed by atoms with E-state index in [1.165, 1.54) is 12.8 Å². The van der Waals surface area contributed by atoms with E-state index < -0.39 is 0 Å². The molecule has 1 aromatic carbocycles. The summed E-state index contributed by atoms with van der Waals surface area (Å²) in [7, 11) is 3.46. The molecule has 7 rings (SSSR count). The molecule has 5 aliphatic rings. The van der Waals surface area contributed by atoms with Crippen molar-refractivity contribution >= 4 is 35.0 Å². The van der Waals surface area contributed by atoms with E-state index in [2.05, 4.69) is 37.2 Å². The van der Waals surface area contributed by atoms with Crippen LogP contribution in [0.3, 0.4) is 0 Å². The molecule has 2 aliphatic heterocycles. The number of carbonyl (C=O) groups is 2. The van der Waals surface area contributed by atoms with Crippen LogP contribution in [0.2, 0.25) is 0 Å². The highest BCUT2D eigenvalue weighted by molar-refractivity contribution is 6.03. The van der Waals surface area contributed by atoms with Crippen molar-refractivity contribution in [3.8, 4) is 5.75 Å². The van der Waals surface area contributed by atoms with Gasteiger partial charge in [-0.3, -0.25) is 14.5 Å². The molecule has 1 saturated heterocycles. The number of hydrogen-bond donors (Lipinski definition) is 2. The first-order chi connectivity index (χ1) is 22.4. The molecule has 3 aliphatic carbocycles. The first-order valence-corrected chi connectivity index (χ1v) is 17.5. The second kappa shape index (κ2) is 13.0. The van der Waals surface area contributed by atoms with Crippen LogP contribution in [0.15, 0.2) is 24.4 Å². The molecule has 1 aromatic heterocycles. The number of methoxy groups -OCH3 is 1. The molecule has 3 heterocycles. The summed E-state index contributed by atoms with van der Waals surface area (Å²) in [6, 6.07) is 6.69. The van der Waals surface area contributed by atoms with Gasteiger partial charge in [0.05, 0.1) is 24.4 Å². The van der Waals surface area contributed by atoms with E-state index in [0.29, 0.717) is 35.0 Å². The Bertz CT molecular complexity index is 1420. The topological polar surface area (TPSA) is 106 Å². The van der Waals surface area contributed by atoms with Gasteiger partial charge in [-0.1, -0.05) is 19.8 Å². The third-order valence-corrected chi connectivity index (χ3v) is 11.3. The van der Waals surface area contributed by atoms with Gasteiger partial charge in [-0.2, -0.15) is 4.98 Å². The number of piperazine rings is 1. The van der Waals surface area contributed by atoms with E-state index in [1.807, 2.05) is 19.2 Å². The Morgan fingerprint density at radius 1 is 1.02 bits per heavy atom. The number of likely N-dealkylation sites (N-methyl/N-ethyl adjacent to an activating group) is 1. The quantitative estimate of drug-likeness (QED) is 0.439. The Morgan fingerprint density at radius 2 is 1.76 bits per heavy atom. The van der Waals surface area contributed by atoms with Crippen molar-refractivity contribution in [1.82, 2.24) is 25.1 Å². The number of amides is 2. The average Bonchev–Trinajstić information content (AvgIpc) is 3.70. The van der Waals surface area contributed by atoms with Crippen molar-refractivity contribution in [2.75, 3.05) is 68.5 Å². The van der Waals surface area contributed by atoms with Gasteiger partial charge in [0.2, 0.25) is 11.9 Å². The monoisotopic (exact) mass is 630 g/mol. The molecule has 2 amide bonds. The van der Waals surface area contributed by atoms with Crippen LogP contribution in [0.5, 0.6) is 5.75 Å². The molecule has 1 spiro atoms. The molecule has 4 fully saturated rings. The molecule has 0 radical (unpaired) electrons. The molecular weight excluding hydrogens is 580 g/mol. The Labute approximate surface area is 273 Å². The first kappa shape index (κ1) is 31.2. The van der Waals surface area contributed by atoms with Crippen LogP contribution in [0.4, 0.5) is 23.1 Å². The van der Waals surface area contributed by atoms with Gasteiger partial charge in [-0.15, -0.1) is 0 Å². The number of rotatable bonds is 8. The fourth-order valence-electron chi connectivity index (χ4n) is 8.20. The zero-order valence-corrected chi connectivity index (χ0v) is 27.8. The maximum Gasteiger partial charge on any atom is 0.251 e. The predicted octanol–water partition coefficient (Wildman–Crippen LogP) is 4.41. The normalized spacial score (nSPS) is 25.3. The van der Waals surface area contributed by atoms with Crippen molar-refractivity contribution < 1.29 is 14.3 Å². The Balaban J connectivity index is 1.01. The van der Waals surface area contributed by atoms with Gasteiger partial charge >= 0.3 is 0 Å². The number of anilines is 4. The number of aromatic nitrogens is 2. The van der Waals surface area contributed by atoms with Crippen LogP contribution in [0.25, 0.3) is 0 Å². The lowest BCUT2D eigenvalue weighted by Crippen LogP contribution is -2.52. The van der Waals surface area contributed by atoms with Crippen LogP contribution in [-0.4, -0.2) is 103 Å². The first-order valence-electron chi connectivity index (χ1n) is 17.5. The van der Waals surface area contributed by atoms with Gasteiger partial charge in [0, 0.05) is 63.5 Å². The molecule has 2 aromatic rings. The number of carbonyl (C=O) groups excluding carboxylic acids is 2. The SMILES string of the molecule is CCN1CCN([C@H]2CC[C@H](NC(=O)c3ccc(Nc4ncc5c(n4)N(C4CCCC4)CC4(CC4)C(=O)N5C)c(OC)c3)CC2)CC1. The molecule has 11 nitrogen and oxygen atoms in total. The van der Waals surface area contributed by atoms with Crippen LogP contribution in [0, 0.1) is 5.41 Å². The standard InChI is InChI=1S/C35H50N8O3/c1-4-41-17-19-42(20-18-41)26-12-10-25(11-13-26)37-32(44)24-9-14-28(30(21-24)46-3)38-34-36-22-29-31(39-34)43(27-7-5-6-8-27)23-35(15-16-35)33(45)40(29)2/h9,14,21-22,25-27H,4-8,10-13,15-20,23H2,1-3H3,(H,37,44)(H,36,38,39)/t25-,26-. The number of nitrogens with one attached hydrogen (secondary N) is 2. The van der Waals surface area contributed by atoms with Gasteiger partial charge in [-0.05, 0) is 76.1 Å². The Morgan fingerprint density at radius 3 is 2.43 bits per heavy atom. The van der Waals surface area contributed by atoms with Crippen molar-refractivity contribution in [2.45, 2.75) is 89.3 Å². The molecule has 0 bridgehead atoms. The number of fused-ring (bicyclic) bond motifs is 1. The summed E-state index contributed by atoms with van der Waals surface area (Å²) in [5, 5.41) is 6.62. The lowest BCUT2D eigenvalue weighted by molar-refractivity contribution is -0.122. The summed E-state index contributed by atoms with van der Waals surface area (Å²) < 4.78 is 5.73. The van der Waals surface area contributed by atoms with Crippen LogP contribution in [-0.2, 0) is 4.79 Å². The van der Waals surface area contributed by atoms with Gasteiger partial charge in [0.1, 0.15) is 11.4 Å². The molecule has 2 N–H and O–H groups in total. The van der Waals surface area contributed by atoms with E-state index in [4.69, 9.17) is 9.72 Å². The highest BCUT2D eigenvalue weighted by atomic mass is 16.5. The second-order valence-electron chi connectivity index (χ2n) is 14.1. The van der Waals surface area contributed by atoms with Crippen molar-refractivity contribution in [2.24, 2.45) is 5.41 Å². The lowest BCUT2D eigenvalue weighted by atomic mass is 9.89. The molecule has 0 unspecified atom stereocenters. The van der Waals surface area contributed by atoms with E-state index in [0.717, 1.165) is 102 Å². The minimum Gasteiger partial charge on any atom is -0.495 e. The van der Waals surface area contributed by atoms with Gasteiger partial charge in [0.15, 0.2) is 5.82 Å². The summed E-state index contributed by atoms with van der Waals surface area (Å²) in [4.78, 5) is 45.6. The fraction of sp³-hybridized carbons (Fsp3) is 0.657. The van der Waals surface area contributed by atoms with Crippen molar-refractivity contribution in [3.05, 3.63) is 30.0 Å². The number of benzene rings is 1. The predicted molar refractivity (Wildman–Crippen MR) is 180 cm³/mol. The Hall–Kier alpha value is -3.44. The lowest BCUT2D eigenvalue weighted by Gasteiger charge is -2.41. The van der Waals surface area contributed by atoms with Gasteiger partial charge in [-0.25, -0.2) is 4.98 Å². The molecule has 3 saturated carbocycles. The summed E-state index contributed by atoms with van der Waals surface area (Å²) in [6.45, 7) is 8.73. The van der Waals surface area contributed by atoms with Crippen molar-refractivity contribution in [1.29, 1.82) is 0 Å². The summed E-state index contributed by atoms with van der Waals surface area (Å²) in [6.07, 6.45) is 12.6. The number of nitrogens with zero attached hydrogens (tertiary/aromatic N) is 6. The minimum absolute atomic E-state index is 0.0694. The minimum atomic E-state index is -0.297. The van der Waals surface area contributed by atoms with E-state index in [1.54, 1.807) is 24.3 Å². The highest BCUT2D eigenvalue weighted by Crippen LogP contribution is 2.52. The van der Waals surface area contributed by atoms with Gasteiger partial charge in [0.25, 0.3) is 5.91 Å². The maximum atomic E-state index is 13.4. The maximum absolute atomic E-state index is 13.4. The van der Waals surface area contributed by atoms with Crippen molar-refractivity contribution in [3.63, 3.8) is 0 Å². The average molecular weight is 631 g/mol. The summed E-state index contributed by atoms with van der Waals surface area (Å²) in [5.74, 6) is 1.92. The zero-order valence-electron chi connectivity index (χ0n) is 27.8. The molecule has 46 heavy (non-hydrogen) atoms. The third kappa shape index (κ3) is 6.15. The Kier molecular flexibility index (Phi) is 8.80. The second-order valence-corrected chi connectivity index (χ2v) is 14.1. The zero-order chi connectivity index (χ0) is 31.8. The smallest absolute Gasteiger partial charge is 0.251 e. The molecule has 248 valence electrons. The third-order valence-electron chi connectivity index (χ3n) is 11.3. The summed E-state index contributed by atoms with van der Waals surface area (Å²) >= 11 is 0. The molecule has 0 atom stereocenters. The summed E-state index contributed by atoms with van der Waals surface area (Å²) in [5.41, 5.74) is 1.73. The van der Waals surface area contributed by atoms with Gasteiger partial charge < -0.3 is 30.1 Å². The van der Waals surface area contributed by atoms with Crippen LogP contribution in [0.1, 0.15) is 81.5 Å². The number of hydrogen-bond acceptors (Lipinski definition) is 9. The highest BCUT2D eigenvalue weighted by Gasteiger charge is 2.55. The van der Waals surface area contributed by atoms with E-state index in [9.17, 15) is 9.59 Å². The van der Waals surface area contributed by atoms with E-state index in [-0.39, 0.29) is 23.3 Å². The number of ether oxygens (including phenoxy) is 1. The molecule has 11 heteroatoms. The van der Waals surface area contributed by atoms with E-state index >= 15 is 0 Å². The van der Waals surface area contributed by atoms with Crippen LogP contribution < -0.4 is 25.2 Å².